The predicted molar refractivity (Wildman–Crippen MR) is 55.8 cm³/mol. The smallest absolute Gasteiger partial charge is 0.115 e. The molecule has 1 aromatic rings. The maximum Gasteiger partial charge on any atom is 0.115 e. The summed E-state index contributed by atoms with van der Waals surface area (Å²) in [7, 11) is 0. The second-order valence-electron chi connectivity index (χ2n) is 4.08. The highest BCUT2D eigenvalue weighted by atomic mass is 14.8. The Morgan fingerprint density at radius 1 is 1.07 bits per heavy atom. The molecule has 76 valence electrons. The lowest BCUT2D eigenvalue weighted by Crippen LogP contribution is -2.27. The molecule has 1 fully saturated rings. The molecule has 2 unspecified atom stereocenters. The summed E-state index contributed by atoms with van der Waals surface area (Å²) in [5.74, 6) is 0.471. The molecule has 3 nitrogen and oxygen atoms in total. The highest BCUT2D eigenvalue weighted by molar-refractivity contribution is 5.13. The molecule has 0 amide bonds. The zero-order chi connectivity index (χ0) is 9.80. The van der Waals surface area contributed by atoms with Gasteiger partial charge in [-0.2, -0.15) is 0 Å². The number of rotatable bonds is 1. The van der Waals surface area contributed by atoms with Crippen LogP contribution < -0.4 is 5.73 Å². The van der Waals surface area contributed by atoms with Crippen LogP contribution in [0, 0.1) is 0 Å². The summed E-state index contributed by atoms with van der Waals surface area (Å²) in [6, 6.07) is 0.295. The molecule has 0 aliphatic heterocycles. The monoisotopic (exact) mass is 191 g/mol. The van der Waals surface area contributed by atoms with Crippen molar-refractivity contribution in [3.05, 3.63) is 24.3 Å². The van der Waals surface area contributed by atoms with Gasteiger partial charge in [0.15, 0.2) is 0 Å². The van der Waals surface area contributed by atoms with E-state index in [9.17, 15) is 0 Å². The lowest BCUT2D eigenvalue weighted by Gasteiger charge is -2.20. The van der Waals surface area contributed by atoms with Crippen molar-refractivity contribution in [3.8, 4) is 0 Å². The van der Waals surface area contributed by atoms with Gasteiger partial charge >= 0.3 is 0 Å². The zero-order valence-electron chi connectivity index (χ0n) is 8.39. The highest BCUT2D eigenvalue weighted by Gasteiger charge is 2.22. The standard InChI is InChI=1S/C11H17N3/c12-11-5-3-1-2-4-10(11)9-6-13-8-14-7-9/h6-8,10-11H,1-5,12H2. The van der Waals surface area contributed by atoms with Crippen molar-refractivity contribution in [2.45, 2.75) is 44.1 Å². The molecule has 14 heavy (non-hydrogen) atoms. The van der Waals surface area contributed by atoms with Gasteiger partial charge in [0.05, 0.1) is 0 Å². The minimum atomic E-state index is 0.295. The Morgan fingerprint density at radius 3 is 2.57 bits per heavy atom. The fourth-order valence-corrected chi connectivity index (χ4v) is 2.25. The molecule has 0 saturated heterocycles. The van der Waals surface area contributed by atoms with E-state index >= 15 is 0 Å². The van der Waals surface area contributed by atoms with Gasteiger partial charge in [0.1, 0.15) is 6.33 Å². The van der Waals surface area contributed by atoms with Gasteiger partial charge < -0.3 is 5.73 Å². The average molecular weight is 191 g/mol. The molecular weight excluding hydrogens is 174 g/mol. The molecule has 1 aromatic heterocycles. The van der Waals surface area contributed by atoms with Crippen LogP contribution in [0.15, 0.2) is 18.7 Å². The molecule has 1 aliphatic carbocycles. The molecule has 2 rings (SSSR count). The van der Waals surface area contributed by atoms with E-state index in [-0.39, 0.29) is 0 Å². The van der Waals surface area contributed by atoms with Crippen LogP contribution in [0.4, 0.5) is 0 Å². The van der Waals surface area contributed by atoms with Crippen LogP contribution >= 0.6 is 0 Å². The summed E-state index contributed by atoms with van der Waals surface area (Å²) in [5, 5.41) is 0. The summed E-state index contributed by atoms with van der Waals surface area (Å²) in [5.41, 5.74) is 7.37. The van der Waals surface area contributed by atoms with Crippen molar-refractivity contribution in [2.24, 2.45) is 5.73 Å². The molecule has 0 radical (unpaired) electrons. The second-order valence-corrected chi connectivity index (χ2v) is 4.08. The Bertz CT molecular complexity index is 273. The van der Waals surface area contributed by atoms with Gasteiger partial charge in [-0.3, -0.25) is 0 Å². The van der Waals surface area contributed by atoms with Crippen molar-refractivity contribution < 1.29 is 0 Å². The third kappa shape index (κ3) is 2.10. The molecule has 2 atom stereocenters. The van der Waals surface area contributed by atoms with Crippen LogP contribution in [0.25, 0.3) is 0 Å². The number of nitrogens with two attached hydrogens (primary N) is 1. The van der Waals surface area contributed by atoms with E-state index in [1.165, 1.54) is 31.2 Å². The summed E-state index contributed by atoms with van der Waals surface area (Å²) >= 11 is 0. The Balaban J connectivity index is 2.15. The van der Waals surface area contributed by atoms with Crippen LogP contribution in [0.5, 0.6) is 0 Å². The lowest BCUT2D eigenvalue weighted by atomic mass is 9.90. The third-order valence-corrected chi connectivity index (χ3v) is 3.08. The number of aromatic nitrogens is 2. The van der Waals surface area contributed by atoms with Crippen LogP contribution in [-0.2, 0) is 0 Å². The Labute approximate surface area is 84.8 Å². The average Bonchev–Trinajstić information content (AvgIpc) is 2.44. The quantitative estimate of drug-likeness (QED) is 0.689. The van der Waals surface area contributed by atoms with E-state index in [4.69, 9.17) is 5.73 Å². The van der Waals surface area contributed by atoms with E-state index < -0.39 is 0 Å². The van der Waals surface area contributed by atoms with Crippen molar-refractivity contribution in [2.75, 3.05) is 0 Å². The first kappa shape index (κ1) is 9.59. The maximum absolute atomic E-state index is 6.16. The summed E-state index contributed by atoms with van der Waals surface area (Å²) in [6.45, 7) is 0. The van der Waals surface area contributed by atoms with Gasteiger partial charge in [-0.05, 0) is 18.4 Å². The molecule has 1 aliphatic rings. The Morgan fingerprint density at radius 2 is 1.79 bits per heavy atom. The van der Waals surface area contributed by atoms with Crippen molar-refractivity contribution in [3.63, 3.8) is 0 Å². The number of nitrogens with zero attached hydrogens (tertiary/aromatic N) is 2. The largest absolute Gasteiger partial charge is 0.327 e. The minimum absolute atomic E-state index is 0.295. The van der Waals surface area contributed by atoms with Gasteiger partial charge in [-0.25, -0.2) is 9.97 Å². The van der Waals surface area contributed by atoms with Crippen molar-refractivity contribution in [1.29, 1.82) is 0 Å². The summed E-state index contributed by atoms with van der Waals surface area (Å²) in [6.07, 6.45) is 11.6. The SMILES string of the molecule is NC1CCCCCC1c1cncnc1. The molecule has 3 heteroatoms. The Kier molecular flexibility index (Phi) is 3.09. The second kappa shape index (κ2) is 4.51. The van der Waals surface area contributed by atoms with E-state index in [2.05, 4.69) is 9.97 Å². The summed E-state index contributed by atoms with van der Waals surface area (Å²) in [4.78, 5) is 8.12. The summed E-state index contributed by atoms with van der Waals surface area (Å²) < 4.78 is 0. The normalized spacial score (nSPS) is 28.4. The predicted octanol–water partition coefficient (Wildman–Crippen LogP) is 1.85. The molecule has 1 saturated carbocycles. The van der Waals surface area contributed by atoms with E-state index in [1.54, 1.807) is 6.33 Å². The lowest BCUT2D eigenvalue weighted by molar-refractivity contribution is 0.502. The van der Waals surface area contributed by atoms with Crippen LogP contribution in [0.2, 0.25) is 0 Å². The van der Waals surface area contributed by atoms with Gasteiger partial charge in [-0.1, -0.05) is 19.3 Å². The highest BCUT2D eigenvalue weighted by Crippen LogP contribution is 2.29. The Hall–Kier alpha value is -0.960. The van der Waals surface area contributed by atoms with E-state index in [0.29, 0.717) is 12.0 Å². The van der Waals surface area contributed by atoms with Crippen LogP contribution in [0.3, 0.4) is 0 Å². The van der Waals surface area contributed by atoms with Crippen LogP contribution in [0.1, 0.15) is 43.6 Å². The first-order valence-corrected chi connectivity index (χ1v) is 5.38. The van der Waals surface area contributed by atoms with E-state index in [1.807, 2.05) is 12.4 Å². The van der Waals surface area contributed by atoms with Crippen LogP contribution in [-0.4, -0.2) is 16.0 Å². The fraction of sp³-hybridized carbons (Fsp3) is 0.636. The van der Waals surface area contributed by atoms with Gasteiger partial charge in [0.2, 0.25) is 0 Å². The first-order valence-electron chi connectivity index (χ1n) is 5.38. The molecule has 0 spiro atoms. The molecule has 0 aromatic carbocycles. The molecule has 1 heterocycles. The van der Waals surface area contributed by atoms with E-state index in [0.717, 1.165) is 6.42 Å². The topological polar surface area (TPSA) is 51.8 Å². The van der Waals surface area contributed by atoms with Gasteiger partial charge in [-0.15, -0.1) is 0 Å². The maximum atomic E-state index is 6.16. The first-order chi connectivity index (χ1) is 6.88. The van der Waals surface area contributed by atoms with Gasteiger partial charge in [0, 0.05) is 24.4 Å². The van der Waals surface area contributed by atoms with Gasteiger partial charge in [0.25, 0.3) is 0 Å². The zero-order valence-corrected chi connectivity index (χ0v) is 8.39. The molecular formula is C11H17N3. The number of hydrogen-bond donors (Lipinski definition) is 1. The fourth-order valence-electron chi connectivity index (χ4n) is 2.25. The third-order valence-electron chi connectivity index (χ3n) is 3.08. The van der Waals surface area contributed by atoms with Crippen molar-refractivity contribution in [1.82, 2.24) is 9.97 Å². The minimum Gasteiger partial charge on any atom is -0.327 e. The molecule has 2 N–H and O–H groups in total. The van der Waals surface area contributed by atoms with Crippen molar-refractivity contribution >= 4 is 0 Å². The number of hydrogen-bond acceptors (Lipinski definition) is 3. The molecule has 0 bridgehead atoms.